The SMILES string of the molecule is CCN1CCC[C@]2(CCCN(C(=O)Cn3ccnn3)C2)C1. The van der Waals surface area contributed by atoms with Crippen LogP contribution in [0.15, 0.2) is 12.4 Å². The zero-order chi connectivity index (χ0) is 14.7. The molecule has 1 aromatic heterocycles. The van der Waals surface area contributed by atoms with Gasteiger partial charge in [0.1, 0.15) is 6.54 Å². The second-order valence-electron chi connectivity index (χ2n) is 6.49. The van der Waals surface area contributed by atoms with Gasteiger partial charge in [-0.3, -0.25) is 4.79 Å². The third kappa shape index (κ3) is 3.26. The molecule has 0 unspecified atom stereocenters. The van der Waals surface area contributed by atoms with Gasteiger partial charge < -0.3 is 9.80 Å². The molecule has 0 bridgehead atoms. The van der Waals surface area contributed by atoms with E-state index < -0.39 is 0 Å². The van der Waals surface area contributed by atoms with Gasteiger partial charge in [0.05, 0.1) is 6.20 Å². The number of aromatic nitrogens is 3. The van der Waals surface area contributed by atoms with Crippen molar-refractivity contribution < 1.29 is 4.79 Å². The van der Waals surface area contributed by atoms with E-state index in [1.165, 1.54) is 25.8 Å². The fourth-order valence-corrected chi connectivity index (χ4v) is 3.89. The first kappa shape index (κ1) is 14.5. The Bertz CT molecular complexity index is 470. The number of carbonyl (C=O) groups excluding carboxylic acids is 1. The standard InChI is InChI=1S/C15H25N5O/c1-2-18-8-3-5-15(12-18)6-4-9-19(13-15)14(21)11-20-10-7-16-17-20/h7,10H,2-6,8-9,11-13H2,1H3/t15-/m0/s1. The molecule has 3 rings (SSSR count). The number of amides is 1. The van der Waals surface area contributed by atoms with Crippen molar-refractivity contribution in [3.8, 4) is 0 Å². The number of carbonyl (C=O) groups is 1. The molecule has 0 aliphatic carbocycles. The largest absolute Gasteiger partial charge is 0.340 e. The van der Waals surface area contributed by atoms with Crippen LogP contribution in [0.3, 0.4) is 0 Å². The van der Waals surface area contributed by atoms with Crippen LogP contribution in [0.25, 0.3) is 0 Å². The Morgan fingerprint density at radius 3 is 2.76 bits per heavy atom. The molecule has 1 aromatic rings. The molecule has 0 saturated carbocycles. The van der Waals surface area contributed by atoms with E-state index in [1.54, 1.807) is 17.1 Å². The molecule has 3 heterocycles. The number of nitrogens with zero attached hydrogens (tertiary/aromatic N) is 5. The van der Waals surface area contributed by atoms with Crippen LogP contribution >= 0.6 is 0 Å². The normalized spacial score (nSPS) is 27.2. The molecule has 2 saturated heterocycles. The number of piperidine rings is 2. The van der Waals surface area contributed by atoms with Crippen molar-refractivity contribution in [1.29, 1.82) is 0 Å². The highest BCUT2D eigenvalue weighted by Crippen LogP contribution is 2.38. The van der Waals surface area contributed by atoms with E-state index >= 15 is 0 Å². The molecule has 2 fully saturated rings. The molecule has 2 aliphatic heterocycles. The van der Waals surface area contributed by atoms with Gasteiger partial charge >= 0.3 is 0 Å². The van der Waals surface area contributed by atoms with Gasteiger partial charge in [-0.25, -0.2) is 4.68 Å². The van der Waals surface area contributed by atoms with E-state index in [-0.39, 0.29) is 5.91 Å². The van der Waals surface area contributed by atoms with Crippen LogP contribution in [-0.4, -0.2) is 63.4 Å². The van der Waals surface area contributed by atoms with E-state index in [2.05, 4.69) is 22.1 Å². The Hall–Kier alpha value is -1.43. The van der Waals surface area contributed by atoms with Crippen molar-refractivity contribution in [3.05, 3.63) is 12.4 Å². The summed E-state index contributed by atoms with van der Waals surface area (Å²) in [6, 6.07) is 0. The van der Waals surface area contributed by atoms with Gasteiger partial charge in [-0.1, -0.05) is 12.1 Å². The average molecular weight is 291 g/mol. The lowest BCUT2D eigenvalue weighted by Crippen LogP contribution is -2.54. The van der Waals surface area contributed by atoms with E-state index in [0.29, 0.717) is 12.0 Å². The van der Waals surface area contributed by atoms with E-state index in [1.807, 2.05) is 4.90 Å². The minimum Gasteiger partial charge on any atom is -0.340 e. The molecule has 0 aromatic carbocycles. The lowest BCUT2D eigenvalue weighted by atomic mass is 9.73. The van der Waals surface area contributed by atoms with Crippen LogP contribution in [0.4, 0.5) is 0 Å². The summed E-state index contributed by atoms with van der Waals surface area (Å²) in [5.41, 5.74) is 0.324. The topological polar surface area (TPSA) is 54.3 Å². The second-order valence-corrected chi connectivity index (χ2v) is 6.49. The summed E-state index contributed by atoms with van der Waals surface area (Å²) in [5.74, 6) is 0.174. The molecular formula is C15H25N5O. The third-order valence-corrected chi connectivity index (χ3v) is 4.97. The number of rotatable bonds is 3. The van der Waals surface area contributed by atoms with Crippen LogP contribution < -0.4 is 0 Å². The monoisotopic (exact) mass is 291 g/mol. The van der Waals surface area contributed by atoms with Crippen molar-refractivity contribution in [3.63, 3.8) is 0 Å². The van der Waals surface area contributed by atoms with Gasteiger partial charge in [0.15, 0.2) is 0 Å². The quantitative estimate of drug-likeness (QED) is 0.834. The predicted octanol–water partition coefficient (Wildman–Crippen LogP) is 1.00. The van der Waals surface area contributed by atoms with Crippen molar-refractivity contribution in [2.45, 2.75) is 39.2 Å². The van der Waals surface area contributed by atoms with Gasteiger partial charge in [0.2, 0.25) is 5.91 Å². The summed E-state index contributed by atoms with van der Waals surface area (Å²) in [5, 5.41) is 7.65. The van der Waals surface area contributed by atoms with Crippen LogP contribution in [0.1, 0.15) is 32.6 Å². The molecule has 6 heteroatoms. The maximum Gasteiger partial charge on any atom is 0.244 e. The van der Waals surface area contributed by atoms with Crippen LogP contribution in [0, 0.1) is 5.41 Å². The molecule has 1 spiro atoms. The Kier molecular flexibility index (Phi) is 4.24. The molecule has 1 atom stereocenters. The fraction of sp³-hybridized carbons (Fsp3) is 0.800. The molecule has 6 nitrogen and oxygen atoms in total. The molecule has 0 radical (unpaired) electrons. The Morgan fingerprint density at radius 2 is 2.05 bits per heavy atom. The number of hydrogen-bond acceptors (Lipinski definition) is 4. The molecule has 21 heavy (non-hydrogen) atoms. The average Bonchev–Trinajstić information content (AvgIpc) is 3.00. The molecular weight excluding hydrogens is 266 g/mol. The summed E-state index contributed by atoms with van der Waals surface area (Å²) in [7, 11) is 0. The summed E-state index contributed by atoms with van der Waals surface area (Å²) < 4.78 is 1.61. The zero-order valence-corrected chi connectivity index (χ0v) is 12.9. The maximum atomic E-state index is 12.5. The first-order valence-electron chi connectivity index (χ1n) is 8.05. The van der Waals surface area contributed by atoms with Gasteiger partial charge in [-0.2, -0.15) is 0 Å². The Morgan fingerprint density at radius 1 is 1.24 bits per heavy atom. The summed E-state index contributed by atoms with van der Waals surface area (Å²) in [6.07, 6.45) is 8.27. The summed E-state index contributed by atoms with van der Waals surface area (Å²) >= 11 is 0. The van der Waals surface area contributed by atoms with Crippen molar-refractivity contribution in [2.75, 3.05) is 32.7 Å². The van der Waals surface area contributed by atoms with E-state index in [0.717, 1.165) is 32.6 Å². The van der Waals surface area contributed by atoms with E-state index in [4.69, 9.17) is 0 Å². The minimum atomic E-state index is 0.174. The smallest absolute Gasteiger partial charge is 0.244 e. The summed E-state index contributed by atoms with van der Waals surface area (Å²) in [4.78, 5) is 17.0. The number of hydrogen-bond donors (Lipinski definition) is 0. The van der Waals surface area contributed by atoms with Crippen LogP contribution in [0.5, 0.6) is 0 Å². The molecule has 2 aliphatic rings. The van der Waals surface area contributed by atoms with Gasteiger partial charge in [0, 0.05) is 31.2 Å². The summed E-state index contributed by atoms with van der Waals surface area (Å²) in [6.45, 7) is 7.83. The molecule has 1 amide bonds. The zero-order valence-electron chi connectivity index (χ0n) is 12.9. The Balaban J connectivity index is 1.63. The van der Waals surface area contributed by atoms with Crippen molar-refractivity contribution in [2.24, 2.45) is 5.41 Å². The highest BCUT2D eigenvalue weighted by Gasteiger charge is 2.39. The maximum absolute atomic E-state index is 12.5. The highest BCUT2D eigenvalue weighted by atomic mass is 16.2. The predicted molar refractivity (Wildman–Crippen MR) is 79.6 cm³/mol. The van der Waals surface area contributed by atoms with Crippen LogP contribution in [0.2, 0.25) is 0 Å². The second kappa shape index (κ2) is 6.13. The fourth-order valence-electron chi connectivity index (χ4n) is 3.89. The van der Waals surface area contributed by atoms with Gasteiger partial charge in [-0.15, -0.1) is 5.10 Å². The van der Waals surface area contributed by atoms with Crippen molar-refractivity contribution in [1.82, 2.24) is 24.8 Å². The third-order valence-electron chi connectivity index (χ3n) is 4.97. The number of likely N-dealkylation sites (tertiary alicyclic amines) is 2. The Labute approximate surface area is 126 Å². The highest BCUT2D eigenvalue weighted by molar-refractivity contribution is 5.76. The first-order valence-corrected chi connectivity index (χ1v) is 8.05. The van der Waals surface area contributed by atoms with Crippen molar-refractivity contribution >= 4 is 5.91 Å². The van der Waals surface area contributed by atoms with Gasteiger partial charge in [0.25, 0.3) is 0 Å². The molecule has 116 valence electrons. The lowest BCUT2D eigenvalue weighted by molar-refractivity contribution is -0.136. The lowest BCUT2D eigenvalue weighted by Gasteiger charge is -2.48. The first-order chi connectivity index (χ1) is 10.2. The van der Waals surface area contributed by atoms with Gasteiger partial charge in [-0.05, 0) is 38.8 Å². The molecule has 0 N–H and O–H groups in total. The van der Waals surface area contributed by atoms with E-state index in [9.17, 15) is 4.79 Å². The van der Waals surface area contributed by atoms with Crippen LogP contribution in [-0.2, 0) is 11.3 Å². The minimum absolute atomic E-state index is 0.174.